The van der Waals surface area contributed by atoms with Crippen LogP contribution in [0.4, 0.5) is 0 Å². The van der Waals surface area contributed by atoms with Gasteiger partial charge >= 0.3 is 5.97 Å². The SMILES string of the molecule is O=C(O)[C@@H]1[C@@H]2CC[C@@]1(c1cccc(-c3ccc4nncn4c3)c1)C2. The highest BCUT2D eigenvalue weighted by molar-refractivity contribution is 5.76. The minimum Gasteiger partial charge on any atom is -0.481 e. The molecule has 0 saturated heterocycles. The van der Waals surface area contributed by atoms with Gasteiger partial charge in [0.05, 0.1) is 5.92 Å². The molecule has 3 aliphatic rings. The molecule has 3 saturated carbocycles. The van der Waals surface area contributed by atoms with Crippen LogP contribution in [-0.2, 0) is 10.2 Å². The highest BCUT2D eigenvalue weighted by Crippen LogP contribution is 2.64. The fourth-order valence-electron chi connectivity index (χ4n) is 4.86. The zero-order valence-corrected chi connectivity index (χ0v) is 13.1. The number of carbonyl (C=O) groups is 1. The molecular weight excluding hydrogens is 302 g/mol. The number of fused-ring (bicyclic) bond motifs is 2. The molecule has 3 aliphatic carbocycles. The molecule has 0 spiro atoms. The Hall–Kier alpha value is -2.69. The highest BCUT2D eigenvalue weighted by atomic mass is 16.4. The lowest BCUT2D eigenvalue weighted by atomic mass is 9.57. The molecule has 5 nitrogen and oxygen atoms in total. The van der Waals surface area contributed by atoms with Crippen molar-refractivity contribution in [3.05, 3.63) is 54.5 Å². The third-order valence-electron chi connectivity index (χ3n) is 5.98. The third-order valence-corrected chi connectivity index (χ3v) is 5.98. The van der Waals surface area contributed by atoms with Gasteiger partial charge in [0, 0.05) is 11.6 Å². The van der Waals surface area contributed by atoms with Crippen molar-refractivity contribution in [2.45, 2.75) is 24.7 Å². The fraction of sp³-hybridized carbons (Fsp3) is 0.316. The zero-order valence-electron chi connectivity index (χ0n) is 13.1. The van der Waals surface area contributed by atoms with E-state index >= 15 is 0 Å². The summed E-state index contributed by atoms with van der Waals surface area (Å²) in [7, 11) is 0. The molecule has 0 unspecified atom stereocenters. The lowest BCUT2D eigenvalue weighted by Crippen LogP contribution is -2.48. The van der Waals surface area contributed by atoms with Crippen LogP contribution < -0.4 is 0 Å². The number of rotatable bonds is 3. The first-order valence-electron chi connectivity index (χ1n) is 8.30. The normalized spacial score (nSPS) is 28.0. The van der Waals surface area contributed by atoms with Gasteiger partial charge in [-0.3, -0.25) is 9.20 Å². The molecule has 0 amide bonds. The number of aliphatic carboxylic acids is 1. The van der Waals surface area contributed by atoms with Gasteiger partial charge in [-0.25, -0.2) is 0 Å². The molecule has 5 heteroatoms. The summed E-state index contributed by atoms with van der Waals surface area (Å²) in [5, 5.41) is 17.5. The van der Waals surface area contributed by atoms with E-state index in [4.69, 9.17) is 0 Å². The monoisotopic (exact) mass is 319 g/mol. The van der Waals surface area contributed by atoms with E-state index in [1.165, 1.54) is 5.56 Å². The summed E-state index contributed by atoms with van der Waals surface area (Å²) in [6.07, 6.45) is 6.74. The summed E-state index contributed by atoms with van der Waals surface area (Å²) in [6, 6.07) is 12.4. The summed E-state index contributed by atoms with van der Waals surface area (Å²) in [5.74, 6) is -0.493. The maximum absolute atomic E-state index is 11.7. The Balaban J connectivity index is 1.58. The topological polar surface area (TPSA) is 67.5 Å². The number of benzene rings is 1. The van der Waals surface area contributed by atoms with Gasteiger partial charge in [0.2, 0.25) is 0 Å². The molecule has 6 rings (SSSR count). The maximum Gasteiger partial charge on any atom is 0.307 e. The minimum atomic E-state index is -0.639. The van der Waals surface area contributed by atoms with Crippen molar-refractivity contribution >= 4 is 11.6 Å². The maximum atomic E-state index is 11.7. The summed E-state index contributed by atoms with van der Waals surface area (Å²) < 4.78 is 1.90. The Morgan fingerprint density at radius 3 is 3.00 bits per heavy atom. The average molecular weight is 319 g/mol. The van der Waals surface area contributed by atoms with Crippen LogP contribution in [0.1, 0.15) is 24.8 Å². The van der Waals surface area contributed by atoms with Crippen molar-refractivity contribution in [2.24, 2.45) is 11.8 Å². The van der Waals surface area contributed by atoms with Gasteiger partial charge in [-0.1, -0.05) is 24.3 Å². The van der Waals surface area contributed by atoms with Crippen LogP contribution in [0.5, 0.6) is 0 Å². The summed E-state index contributed by atoms with van der Waals surface area (Å²) >= 11 is 0. The Kier molecular flexibility index (Phi) is 2.66. The first kappa shape index (κ1) is 13.7. The quantitative estimate of drug-likeness (QED) is 0.805. The van der Waals surface area contributed by atoms with Gasteiger partial charge in [-0.05, 0) is 54.0 Å². The van der Waals surface area contributed by atoms with E-state index in [2.05, 4.69) is 28.4 Å². The second-order valence-electron chi connectivity index (χ2n) is 7.07. The van der Waals surface area contributed by atoms with E-state index < -0.39 is 5.97 Å². The largest absolute Gasteiger partial charge is 0.481 e. The number of hydrogen-bond donors (Lipinski definition) is 1. The first-order valence-corrected chi connectivity index (χ1v) is 8.30. The summed E-state index contributed by atoms with van der Waals surface area (Å²) in [6.45, 7) is 0. The number of nitrogens with zero attached hydrogens (tertiary/aromatic N) is 3. The second-order valence-corrected chi connectivity index (χ2v) is 7.07. The van der Waals surface area contributed by atoms with Gasteiger partial charge in [0.15, 0.2) is 5.65 Å². The minimum absolute atomic E-state index is 0.160. The van der Waals surface area contributed by atoms with Crippen LogP contribution >= 0.6 is 0 Å². The molecule has 3 atom stereocenters. The first-order chi connectivity index (χ1) is 11.7. The predicted octanol–water partition coefficient (Wildman–Crippen LogP) is 3.15. The summed E-state index contributed by atoms with van der Waals surface area (Å²) in [5.41, 5.74) is 4.02. The molecule has 2 heterocycles. The lowest BCUT2D eigenvalue weighted by Gasteiger charge is -2.45. The van der Waals surface area contributed by atoms with Gasteiger partial charge in [0.25, 0.3) is 0 Å². The Morgan fingerprint density at radius 1 is 1.25 bits per heavy atom. The lowest BCUT2D eigenvalue weighted by molar-refractivity contribution is -0.150. The fourth-order valence-corrected chi connectivity index (χ4v) is 4.86. The van der Waals surface area contributed by atoms with E-state index in [0.29, 0.717) is 5.92 Å². The molecule has 0 aliphatic heterocycles. The molecule has 0 radical (unpaired) electrons. The number of carboxylic acids is 1. The van der Waals surface area contributed by atoms with Crippen LogP contribution in [0.3, 0.4) is 0 Å². The van der Waals surface area contributed by atoms with E-state index in [1.807, 2.05) is 28.8 Å². The molecular formula is C19H17N3O2. The van der Waals surface area contributed by atoms with Crippen LogP contribution in [0.25, 0.3) is 16.8 Å². The molecule has 2 aromatic heterocycles. The zero-order chi connectivity index (χ0) is 16.3. The van der Waals surface area contributed by atoms with Crippen molar-refractivity contribution < 1.29 is 9.90 Å². The predicted molar refractivity (Wildman–Crippen MR) is 88.6 cm³/mol. The van der Waals surface area contributed by atoms with E-state index in [0.717, 1.165) is 36.0 Å². The Morgan fingerprint density at radius 2 is 2.17 bits per heavy atom. The molecule has 1 N–H and O–H groups in total. The molecule has 3 fully saturated rings. The van der Waals surface area contributed by atoms with Crippen LogP contribution in [0.15, 0.2) is 48.9 Å². The van der Waals surface area contributed by atoms with Crippen molar-refractivity contribution in [3.8, 4) is 11.1 Å². The summed E-state index contributed by atoms with van der Waals surface area (Å²) in [4.78, 5) is 11.7. The number of hydrogen-bond acceptors (Lipinski definition) is 3. The van der Waals surface area contributed by atoms with Gasteiger partial charge in [-0.2, -0.15) is 0 Å². The van der Waals surface area contributed by atoms with Gasteiger partial charge in [-0.15, -0.1) is 10.2 Å². The Bertz CT molecular complexity index is 960. The van der Waals surface area contributed by atoms with E-state index in [1.54, 1.807) is 6.33 Å². The van der Waals surface area contributed by atoms with Crippen molar-refractivity contribution in [1.29, 1.82) is 0 Å². The van der Waals surface area contributed by atoms with Crippen LogP contribution in [-0.4, -0.2) is 25.7 Å². The van der Waals surface area contributed by atoms with E-state index in [9.17, 15) is 9.90 Å². The molecule has 120 valence electrons. The van der Waals surface area contributed by atoms with Gasteiger partial charge < -0.3 is 5.11 Å². The molecule has 2 bridgehead atoms. The number of carboxylic acid groups (broad SMARTS) is 1. The van der Waals surface area contributed by atoms with Crippen LogP contribution in [0.2, 0.25) is 0 Å². The highest BCUT2D eigenvalue weighted by Gasteiger charge is 2.62. The second kappa shape index (κ2) is 4.66. The average Bonchev–Trinajstić information content (AvgIpc) is 3.28. The van der Waals surface area contributed by atoms with Crippen molar-refractivity contribution in [3.63, 3.8) is 0 Å². The van der Waals surface area contributed by atoms with Crippen molar-refractivity contribution in [1.82, 2.24) is 14.6 Å². The van der Waals surface area contributed by atoms with Crippen LogP contribution in [0, 0.1) is 11.8 Å². The molecule has 24 heavy (non-hydrogen) atoms. The standard InChI is InChI=1S/C19H17N3O2/c23-18(24)17-13-6-7-19(17,9-13)15-3-1-2-12(8-15)14-4-5-16-21-20-11-22(16)10-14/h1-5,8,10-11,13,17H,6-7,9H2,(H,23,24)/t13-,17+,19+/m1/s1. The third kappa shape index (κ3) is 1.72. The Labute approximate surface area is 139 Å². The van der Waals surface area contributed by atoms with Crippen molar-refractivity contribution in [2.75, 3.05) is 0 Å². The smallest absolute Gasteiger partial charge is 0.307 e. The van der Waals surface area contributed by atoms with Gasteiger partial charge in [0.1, 0.15) is 6.33 Å². The number of aromatic nitrogens is 3. The number of pyridine rings is 1. The molecule has 3 aromatic rings. The van der Waals surface area contributed by atoms with E-state index in [-0.39, 0.29) is 11.3 Å². The molecule has 1 aromatic carbocycles.